The summed E-state index contributed by atoms with van der Waals surface area (Å²) < 4.78 is 11.0. The fourth-order valence-corrected chi connectivity index (χ4v) is 3.56. The number of hydrogen-bond acceptors (Lipinski definition) is 5. The zero-order valence-electron chi connectivity index (χ0n) is 14.3. The van der Waals surface area contributed by atoms with Gasteiger partial charge >= 0.3 is 0 Å². The number of rotatable bonds is 5. The fraction of sp³-hybridized carbons (Fsp3) is 0.0476. The molecule has 132 valence electrons. The third-order valence-electron chi connectivity index (χ3n) is 3.68. The van der Waals surface area contributed by atoms with Crippen LogP contribution in [0, 0.1) is 22.7 Å². The lowest BCUT2D eigenvalue weighted by Crippen LogP contribution is -1.95. The minimum Gasteiger partial charge on any atom is -0.497 e. The minimum absolute atomic E-state index is 0.101. The number of benzene rings is 3. The third kappa shape index (κ3) is 4.17. The van der Waals surface area contributed by atoms with Crippen molar-refractivity contribution in [2.45, 2.75) is 9.79 Å². The Hall–Kier alpha value is -3.12. The van der Waals surface area contributed by atoms with Crippen molar-refractivity contribution >= 4 is 23.4 Å². The number of ether oxygens (including phenoxy) is 2. The van der Waals surface area contributed by atoms with E-state index in [0.29, 0.717) is 16.4 Å². The van der Waals surface area contributed by atoms with Gasteiger partial charge in [0.15, 0.2) is 0 Å². The van der Waals surface area contributed by atoms with E-state index in [9.17, 15) is 10.5 Å². The molecule has 4 nitrogen and oxygen atoms in total. The molecule has 0 spiro atoms. The average molecular weight is 393 g/mol. The molecule has 3 aromatic rings. The van der Waals surface area contributed by atoms with Crippen LogP contribution in [0.4, 0.5) is 0 Å². The lowest BCUT2D eigenvalue weighted by atomic mass is 10.1. The lowest BCUT2D eigenvalue weighted by Gasteiger charge is -2.13. The van der Waals surface area contributed by atoms with Crippen molar-refractivity contribution < 1.29 is 9.47 Å². The first-order chi connectivity index (χ1) is 13.2. The summed E-state index contributed by atoms with van der Waals surface area (Å²) in [4.78, 5) is 1.54. The molecule has 6 heteroatoms. The van der Waals surface area contributed by atoms with Crippen LogP contribution in [0.3, 0.4) is 0 Å². The van der Waals surface area contributed by atoms with Gasteiger partial charge in [-0.1, -0.05) is 41.6 Å². The van der Waals surface area contributed by atoms with E-state index in [4.69, 9.17) is 21.1 Å². The van der Waals surface area contributed by atoms with Crippen LogP contribution >= 0.6 is 23.4 Å². The lowest BCUT2D eigenvalue weighted by molar-refractivity contribution is 0.414. The zero-order valence-corrected chi connectivity index (χ0v) is 15.8. The number of methoxy groups -OCH3 is 1. The highest BCUT2D eigenvalue weighted by Gasteiger charge is 2.19. The normalized spacial score (nSPS) is 9.93. The quantitative estimate of drug-likeness (QED) is 0.529. The Bertz CT molecular complexity index is 1040. The summed E-state index contributed by atoms with van der Waals surface area (Å²) in [6.45, 7) is 0. The van der Waals surface area contributed by atoms with E-state index in [0.717, 1.165) is 10.6 Å². The second-order valence-electron chi connectivity index (χ2n) is 5.35. The molecule has 0 aliphatic carbocycles. The highest BCUT2D eigenvalue weighted by molar-refractivity contribution is 7.99. The van der Waals surface area contributed by atoms with Crippen LogP contribution in [-0.2, 0) is 0 Å². The number of para-hydroxylation sites is 1. The predicted molar refractivity (Wildman–Crippen MR) is 105 cm³/mol. The standard InChI is InChI=1S/C21H13ClN2O2S/c1-25-14-7-9-16(10-8-14)27-20-11-19(26-15-5-3-2-4-6-15)17(12-23)18(13-24)21(20)22/h2-11H,1H3. The first-order valence-electron chi connectivity index (χ1n) is 7.87. The van der Waals surface area contributed by atoms with Crippen LogP contribution in [0.5, 0.6) is 17.2 Å². The molecule has 0 aromatic heterocycles. The Morgan fingerprint density at radius 1 is 0.889 bits per heavy atom. The van der Waals surface area contributed by atoms with E-state index < -0.39 is 0 Å². The second kappa shape index (κ2) is 8.51. The fourth-order valence-electron chi connectivity index (χ4n) is 2.37. The largest absolute Gasteiger partial charge is 0.497 e. The number of halogens is 1. The number of nitrogens with zero attached hydrogens (tertiary/aromatic N) is 2. The molecule has 0 aliphatic heterocycles. The zero-order chi connectivity index (χ0) is 19.2. The van der Waals surface area contributed by atoms with Gasteiger partial charge in [0.25, 0.3) is 0 Å². The van der Waals surface area contributed by atoms with E-state index in [1.165, 1.54) is 11.8 Å². The van der Waals surface area contributed by atoms with Crippen molar-refractivity contribution in [1.29, 1.82) is 10.5 Å². The van der Waals surface area contributed by atoms with Gasteiger partial charge in [-0.25, -0.2) is 0 Å². The van der Waals surface area contributed by atoms with Crippen LogP contribution in [0.2, 0.25) is 5.02 Å². The Kier molecular flexibility index (Phi) is 5.88. The van der Waals surface area contributed by atoms with Crippen molar-refractivity contribution in [2.24, 2.45) is 0 Å². The van der Waals surface area contributed by atoms with Gasteiger partial charge in [0, 0.05) is 9.79 Å². The van der Waals surface area contributed by atoms with E-state index in [2.05, 4.69) is 0 Å². The van der Waals surface area contributed by atoms with Crippen LogP contribution in [0.1, 0.15) is 11.1 Å². The van der Waals surface area contributed by atoms with Crippen LogP contribution in [0.15, 0.2) is 70.5 Å². The molecule has 3 rings (SSSR count). The topological polar surface area (TPSA) is 66.0 Å². The molecule has 0 amide bonds. The molecular formula is C21H13ClN2O2S. The molecule has 0 N–H and O–H groups in total. The molecule has 0 saturated heterocycles. The van der Waals surface area contributed by atoms with Gasteiger partial charge in [-0.15, -0.1) is 0 Å². The number of hydrogen-bond donors (Lipinski definition) is 0. The minimum atomic E-state index is 0.101. The summed E-state index contributed by atoms with van der Waals surface area (Å²) >= 11 is 7.78. The van der Waals surface area contributed by atoms with Crippen molar-refractivity contribution in [1.82, 2.24) is 0 Å². The van der Waals surface area contributed by atoms with Crippen LogP contribution < -0.4 is 9.47 Å². The Morgan fingerprint density at radius 2 is 1.56 bits per heavy atom. The monoisotopic (exact) mass is 392 g/mol. The maximum atomic E-state index is 9.51. The van der Waals surface area contributed by atoms with Gasteiger partial charge in [0.2, 0.25) is 0 Å². The third-order valence-corrected chi connectivity index (χ3v) is 5.23. The van der Waals surface area contributed by atoms with E-state index in [-0.39, 0.29) is 16.1 Å². The van der Waals surface area contributed by atoms with E-state index in [1.54, 1.807) is 25.3 Å². The molecule has 0 aliphatic rings. The van der Waals surface area contributed by atoms with Gasteiger partial charge in [-0.2, -0.15) is 10.5 Å². The van der Waals surface area contributed by atoms with Gasteiger partial charge in [0.1, 0.15) is 35.0 Å². The van der Waals surface area contributed by atoms with Gasteiger partial charge in [-0.3, -0.25) is 0 Å². The average Bonchev–Trinajstić information content (AvgIpc) is 2.71. The Balaban J connectivity index is 2.04. The molecular weight excluding hydrogens is 380 g/mol. The molecule has 3 aromatic carbocycles. The Labute approximate surface area is 166 Å². The van der Waals surface area contributed by atoms with E-state index in [1.807, 2.05) is 54.6 Å². The van der Waals surface area contributed by atoms with Gasteiger partial charge in [0.05, 0.1) is 17.7 Å². The maximum absolute atomic E-state index is 9.51. The molecule has 0 unspecified atom stereocenters. The van der Waals surface area contributed by atoms with Gasteiger partial charge < -0.3 is 9.47 Å². The molecule has 27 heavy (non-hydrogen) atoms. The molecule has 0 radical (unpaired) electrons. The summed E-state index contributed by atoms with van der Waals surface area (Å²) in [7, 11) is 1.60. The van der Waals surface area contributed by atoms with Crippen molar-refractivity contribution in [3.05, 3.63) is 76.8 Å². The van der Waals surface area contributed by atoms with Crippen molar-refractivity contribution in [2.75, 3.05) is 7.11 Å². The van der Waals surface area contributed by atoms with Gasteiger partial charge in [-0.05, 0) is 42.5 Å². The Morgan fingerprint density at radius 3 is 2.15 bits per heavy atom. The predicted octanol–water partition coefficient (Wildman–Crippen LogP) is 6.04. The maximum Gasteiger partial charge on any atom is 0.147 e. The molecule has 0 heterocycles. The molecule has 0 saturated carbocycles. The van der Waals surface area contributed by atoms with E-state index >= 15 is 0 Å². The van der Waals surface area contributed by atoms with Crippen molar-refractivity contribution in [3.8, 4) is 29.4 Å². The SMILES string of the molecule is COc1ccc(Sc2cc(Oc3ccccc3)c(C#N)c(C#N)c2Cl)cc1. The first kappa shape index (κ1) is 18.7. The van der Waals surface area contributed by atoms with Crippen LogP contribution in [0.25, 0.3) is 0 Å². The summed E-state index contributed by atoms with van der Waals surface area (Å²) in [5, 5.41) is 19.3. The molecule has 0 bridgehead atoms. The van der Waals surface area contributed by atoms with Crippen LogP contribution in [-0.4, -0.2) is 7.11 Å². The molecule has 0 atom stereocenters. The highest BCUT2D eigenvalue weighted by Crippen LogP contribution is 2.41. The smallest absolute Gasteiger partial charge is 0.147 e. The van der Waals surface area contributed by atoms with Crippen molar-refractivity contribution in [3.63, 3.8) is 0 Å². The molecule has 0 fully saturated rings. The summed E-state index contributed by atoms with van der Waals surface area (Å²) in [6, 6.07) is 22.3. The summed E-state index contributed by atoms with van der Waals surface area (Å²) in [5.74, 6) is 1.61. The first-order valence-corrected chi connectivity index (χ1v) is 9.07. The summed E-state index contributed by atoms with van der Waals surface area (Å²) in [5.41, 5.74) is 0.217. The highest BCUT2D eigenvalue weighted by atomic mass is 35.5. The second-order valence-corrected chi connectivity index (χ2v) is 6.85. The summed E-state index contributed by atoms with van der Waals surface area (Å²) in [6.07, 6.45) is 0. The number of nitriles is 2.